The summed E-state index contributed by atoms with van der Waals surface area (Å²) in [6.45, 7) is 15.0. The van der Waals surface area contributed by atoms with E-state index in [2.05, 4.69) is 44.6 Å². The number of nitrogens with one attached hydrogen (secondary N) is 2. The van der Waals surface area contributed by atoms with Gasteiger partial charge in [-0.2, -0.15) is 0 Å². The molecule has 0 heterocycles. The highest BCUT2D eigenvalue weighted by Gasteiger charge is 2.37. The van der Waals surface area contributed by atoms with Crippen LogP contribution in [0.4, 0.5) is 0 Å². The molecule has 0 aromatic rings. The average molecular weight is 209 g/mol. The Morgan fingerprint density at radius 3 is 2.40 bits per heavy atom. The number of hydrogen-bond acceptors (Lipinski definition) is 3. The molecule has 1 fully saturated rings. The second-order valence-corrected chi connectivity index (χ2v) is 5.41. The van der Waals surface area contributed by atoms with Crippen LogP contribution in [0.15, 0.2) is 24.7 Å². The van der Waals surface area contributed by atoms with Crippen LogP contribution < -0.4 is 16.4 Å². The summed E-state index contributed by atoms with van der Waals surface area (Å²) in [5.41, 5.74) is 6.51. The van der Waals surface area contributed by atoms with Gasteiger partial charge < -0.3 is 16.4 Å². The van der Waals surface area contributed by atoms with E-state index in [-0.39, 0.29) is 5.54 Å². The lowest BCUT2D eigenvalue weighted by atomic mass is 10.1. The Hall–Kier alpha value is -1.12. The van der Waals surface area contributed by atoms with Gasteiger partial charge in [0, 0.05) is 23.7 Å². The molecule has 0 bridgehead atoms. The summed E-state index contributed by atoms with van der Waals surface area (Å²) in [4.78, 5) is 0. The van der Waals surface area contributed by atoms with Crippen LogP contribution in [0.1, 0.15) is 27.2 Å². The normalized spacial score (nSPS) is 24.5. The second-order valence-electron chi connectivity index (χ2n) is 5.41. The van der Waals surface area contributed by atoms with Gasteiger partial charge in [-0.1, -0.05) is 13.2 Å². The predicted molar refractivity (Wildman–Crippen MR) is 65.0 cm³/mol. The summed E-state index contributed by atoms with van der Waals surface area (Å²) >= 11 is 0. The maximum Gasteiger partial charge on any atom is 0.0916 e. The maximum atomic E-state index is 5.64. The fourth-order valence-corrected chi connectivity index (χ4v) is 1.68. The Labute approximate surface area is 92.8 Å². The van der Waals surface area contributed by atoms with E-state index in [1.807, 2.05) is 0 Å². The van der Waals surface area contributed by atoms with E-state index in [1.54, 1.807) is 0 Å². The van der Waals surface area contributed by atoms with E-state index >= 15 is 0 Å². The molecule has 0 saturated heterocycles. The highest BCUT2D eigenvalue weighted by Crippen LogP contribution is 2.41. The van der Waals surface area contributed by atoms with Crippen LogP contribution in [0.3, 0.4) is 0 Å². The van der Waals surface area contributed by atoms with Crippen molar-refractivity contribution in [2.75, 3.05) is 6.54 Å². The molecular formula is C12H23N3. The van der Waals surface area contributed by atoms with Crippen LogP contribution in [0.5, 0.6) is 0 Å². The highest BCUT2D eigenvalue weighted by atomic mass is 15.1. The first-order valence-corrected chi connectivity index (χ1v) is 5.45. The Morgan fingerprint density at radius 2 is 2.00 bits per heavy atom. The van der Waals surface area contributed by atoms with Crippen LogP contribution in [0.25, 0.3) is 0 Å². The molecule has 15 heavy (non-hydrogen) atoms. The van der Waals surface area contributed by atoms with Gasteiger partial charge in [0.25, 0.3) is 0 Å². The molecule has 2 atom stereocenters. The summed E-state index contributed by atoms with van der Waals surface area (Å²) in [6, 6.07) is 0. The van der Waals surface area contributed by atoms with Crippen LogP contribution in [0.2, 0.25) is 0 Å². The first-order valence-electron chi connectivity index (χ1n) is 5.45. The molecule has 0 aliphatic heterocycles. The third-order valence-electron chi connectivity index (χ3n) is 2.50. The van der Waals surface area contributed by atoms with Gasteiger partial charge in [0.1, 0.15) is 0 Å². The van der Waals surface area contributed by atoms with Crippen molar-refractivity contribution in [2.45, 2.75) is 32.7 Å². The van der Waals surface area contributed by atoms with Crippen LogP contribution in [-0.4, -0.2) is 12.1 Å². The first kappa shape index (κ1) is 12.0. The molecule has 1 rings (SSSR count). The smallest absolute Gasteiger partial charge is 0.0916 e. The number of rotatable bonds is 5. The standard InChI is InChI=1S/C12H23N3/c1-8(13)11-6-10(11)7-14-9(2)15-12(3,4)5/h10-11,14-15H,1-2,6-7,13H2,3-5H3. The van der Waals surface area contributed by atoms with E-state index in [9.17, 15) is 0 Å². The van der Waals surface area contributed by atoms with Crippen molar-refractivity contribution in [1.29, 1.82) is 0 Å². The molecule has 0 aromatic carbocycles. The van der Waals surface area contributed by atoms with E-state index in [0.717, 1.165) is 24.5 Å². The minimum atomic E-state index is 0.0600. The molecule has 1 saturated carbocycles. The molecule has 3 nitrogen and oxygen atoms in total. The summed E-state index contributed by atoms with van der Waals surface area (Å²) in [5.74, 6) is 2.04. The van der Waals surface area contributed by atoms with Gasteiger partial charge in [-0.05, 0) is 33.1 Å². The lowest BCUT2D eigenvalue weighted by Gasteiger charge is -2.24. The fourth-order valence-electron chi connectivity index (χ4n) is 1.68. The van der Waals surface area contributed by atoms with Gasteiger partial charge in [-0.15, -0.1) is 0 Å². The monoisotopic (exact) mass is 209 g/mol. The summed E-state index contributed by atoms with van der Waals surface area (Å²) in [7, 11) is 0. The molecule has 86 valence electrons. The van der Waals surface area contributed by atoms with Gasteiger partial charge in [0.05, 0.1) is 5.82 Å². The van der Waals surface area contributed by atoms with Crippen LogP contribution >= 0.6 is 0 Å². The molecule has 3 heteroatoms. The zero-order chi connectivity index (χ0) is 11.6. The quantitative estimate of drug-likeness (QED) is 0.644. The molecule has 0 aromatic heterocycles. The van der Waals surface area contributed by atoms with Gasteiger partial charge >= 0.3 is 0 Å². The first-order chi connectivity index (χ1) is 6.79. The SMILES string of the molecule is C=C(NCC1CC1C(=C)N)NC(C)(C)C. The molecule has 4 N–H and O–H groups in total. The minimum absolute atomic E-state index is 0.0600. The van der Waals surface area contributed by atoms with Crippen LogP contribution in [-0.2, 0) is 0 Å². The second kappa shape index (κ2) is 4.17. The van der Waals surface area contributed by atoms with Gasteiger partial charge in [-0.25, -0.2) is 0 Å². The molecule has 2 unspecified atom stereocenters. The fraction of sp³-hybridized carbons (Fsp3) is 0.667. The number of hydrogen-bond donors (Lipinski definition) is 3. The molecule has 0 spiro atoms. The lowest BCUT2D eigenvalue weighted by molar-refractivity contribution is 0.450. The van der Waals surface area contributed by atoms with E-state index < -0.39 is 0 Å². The van der Waals surface area contributed by atoms with Crippen molar-refractivity contribution in [2.24, 2.45) is 17.6 Å². The van der Waals surface area contributed by atoms with Crippen molar-refractivity contribution >= 4 is 0 Å². The van der Waals surface area contributed by atoms with E-state index in [0.29, 0.717) is 11.8 Å². The Balaban J connectivity index is 2.17. The van der Waals surface area contributed by atoms with Crippen LogP contribution in [0, 0.1) is 11.8 Å². The minimum Gasteiger partial charge on any atom is -0.402 e. The molecule has 1 aliphatic carbocycles. The topological polar surface area (TPSA) is 50.1 Å². The van der Waals surface area contributed by atoms with Crippen molar-refractivity contribution in [3.8, 4) is 0 Å². The summed E-state index contributed by atoms with van der Waals surface area (Å²) in [6.07, 6.45) is 1.16. The largest absolute Gasteiger partial charge is 0.402 e. The Bertz CT molecular complexity index is 263. The highest BCUT2D eigenvalue weighted by molar-refractivity contribution is 5.09. The number of nitrogens with two attached hydrogens (primary N) is 1. The van der Waals surface area contributed by atoms with Gasteiger partial charge in [0.2, 0.25) is 0 Å². The zero-order valence-electron chi connectivity index (χ0n) is 10.1. The maximum absolute atomic E-state index is 5.64. The molecular weight excluding hydrogens is 186 g/mol. The van der Waals surface area contributed by atoms with Crippen molar-refractivity contribution < 1.29 is 0 Å². The Kier molecular flexibility index (Phi) is 3.32. The third kappa shape index (κ3) is 4.28. The van der Waals surface area contributed by atoms with Gasteiger partial charge in [-0.3, -0.25) is 0 Å². The van der Waals surface area contributed by atoms with E-state index in [1.165, 1.54) is 0 Å². The van der Waals surface area contributed by atoms with Crippen molar-refractivity contribution in [1.82, 2.24) is 10.6 Å². The molecule has 0 amide bonds. The molecule has 1 aliphatic rings. The summed E-state index contributed by atoms with van der Waals surface area (Å²) < 4.78 is 0. The lowest BCUT2D eigenvalue weighted by Crippen LogP contribution is -2.40. The van der Waals surface area contributed by atoms with Crippen molar-refractivity contribution in [3.63, 3.8) is 0 Å². The van der Waals surface area contributed by atoms with E-state index in [4.69, 9.17) is 5.73 Å². The molecule has 0 radical (unpaired) electrons. The third-order valence-corrected chi connectivity index (χ3v) is 2.50. The Morgan fingerprint density at radius 1 is 1.40 bits per heavy atom. The predicted octanol–water partition coefficient (Wildman–Crippen LogP) is 1.54. The zero-order valence-corrected chi connectivity index (χ0v) is 10.1. The van der Waals surface area contributed by atoms with Crippen molar-refractivity contribution in [3.05, 3.63) is 24.7 Å². The van der Waals surface area contributed by atoms with Gasteiger partial charge in [0.15, 0.2) is 0 Å². The average Bonchev–Trinajstić information content (AvgIpc) is 2.75. The summed E-state index contributed by atoms with van der Waals surface area (Å²) in [5, 5.41) is 6.57. The number of allylic oxidation sites excluding steroid dienone is 1.